The van der Waals surface area contributed by atoms with Crippen molar-refractivity contribution in [2.75, 3.05) is 5.32 Å². The third kappa shape index (κ3) is 3.67. The molecule has 0 saturated carbocycles. The number of carbonyl (C=O) groups excluding carboxylic acids is 2. The average Bonchev–Trinajstić information content (AvgIpc) is 3.28. The van der Waals surface area contributed by atoms with Crippen LogP contribution in [0.4, 0.5) is 5.69 Å². The van der Waals surface area contributed by atoms with Gasteiger partial charge >= 0.3 is 0 Å². The van der Waals surface area contributed by atoms with Crippen LogP contribution in [0.2, 0.25) is 10.0 Å². The van der Waals surface area contributed by atoms with Crippen molar-refractivity contribution in [2.45, 2.75) is 13.5 Å². The fourth-order valence-corrected chi connectivity index (χ4v) is 3.69. The molecule has 2 aromatic carbocycles. The van der Waals surface area contributed by atoms with E-state index < -0.39 is 11.8 Å². The van der Waals surface area contributed by atoms with Crippen molar-refractivity contribution in [3.05, 3.63) is 93.5 Å². The Bertz CT molecular complexity index is 1140. The summed E-state index contributed by atoms with van der Waals surface area (Å²) in [6.45, 7) is 1.94. The second-order valence-corrected chi connectivity index (χ2v) is 7.43. The number of nitrogens with zero attached hydrogens (tertiary/aromatic N) is 1. The molecule has 0 bridgehead atoms. The van der Waals surface area contributed by atoms with Crippen LogP contribution < -0.4 is 5.32 Å². The molecule has 2 amide bonds. The van der Waals surface area contributed by atoms with Crippen molar-refractivity contribution >= 4 is 46.3 Å². The van der Waals surface area contributed by atoms with E-state index in [4.69, 9.17) is 27.6 Å². The standard InChI is InChI=1S/C22H16Cl2N2O3/c1-13-5-2-3-7-18(13)25-20-19(16-9-8-14(23)11-17(16)24)21(27)26(22(20)28)12-15-6-4-10-29-15/h2-11,25H,12H2,1H3. The summed E-state index contributed by atoms with van der Waals surface area (Å²) in [4.78, 5) is 27.6. The molecule has 4 rings (SSSR count). The number of imide groups is 1. The lowest BCUT2D eigenvalue weighted by atomic mass is 10.0. The zero-order valence-corrected chi connectivity index (χ0v) is 16.9. The fourth-order valence-electron chi connectivity index (χ4n) is 3.18. The second kappa shape index (κ2) is 7.78. The van der Waals surface area contributed by atoms with Gasteiger partial charge in [0.2, 0.25) is 0 Å². The molecule has 3 aromatic rings. The smallest absolute Gasteiger partial charge is 0.278 e. The molecule has 5 nitrogen and oxygen atoms in total. The normalized spacial score (nSPS) is 14.1. The summed E-state index contributed by atoms with van der Waals surface area (Å²) in [5.41, 5.74) is 2.47. The zero-order chi connectivity index (χ0) is 20.5. The van der Waals surface area contributed by atoms with E-state index in [0.717, 1.165) is 16.2 Å². The van der Waals surface area contributed by atoms with E-state index in [1.165, 1.54) is 6.26 Å². The van der Waals surface area contributed by atoms with E-state index in [9.17, 15) is 9.59 Å². The van der Waals surface area contributed by atoms with E-state index in [2.05, 4.69) is 5.32 Å². The minimum absolute atomic E-state index is 0.0261. The Hall–Kier alpha value is -3.02. The Morgan fingerprint density at radius 3 is 2.48 bits per heavy atom. The van der Waals surface area contributed by atoms with Crippen LogP contribution in [0.1, 0.15) is 16.9 Å². The van der Waals surface area contributed by atoms with E-state index >= 15 is 0 Å². The number of hydrogen-bond acceptors (Lipinski definition) is 4. The highest BCUT2D eigenvalue weighted by Gasteiger charge is 2.40. The molecule has 29 heavy (non-hydrogen) atoms. The highest BCUT2D eigenvalue weighted by Crippen LogP contribution is 2.36. The maximum atomic E-state index is 13.2. The first-order valence-electron chi connectivity index (χ1n) is 8.86. The molecular weight excluding hydrogens is 411 g/mol. The van der Waals surface area contributed by atoms with Crippen LogP contribution in [-0.4, -0.2) is 16.7 Å². The number of anilines is 1. The molecule has 0 spiro atoms. The molecule has 0 fully saturated rings. The molecule has 1 aromatic heterocycles. The predicted octanol–water partition coefficient (Wildman–Crippen LogP) is 5.29. The van der Waals surface area contributed by atoms with Crippen molar-refractivity contribution < 1.29 is 14.0 Å². The van der Waals surface area contributed by atoms with Gasteiger partial charge in [-0.2, -0.15) is 0 Å². The molecule has 146 valence electrons. The van der Waals surface area contributed by atoms with Crippen LogP contribution in [0.15, 0.2) is 71.0 Å². The summed E-state index contributed by atoms with van der Waals surface area (Å²) in [6.07, 6.45) is 1.50. The fraction of sp³-hybridized carbons (Fsp3) is 0.0909. The van der Waals surface area contributed by atoms with Crippen LogP contribution in [0.3, 0.4) is 0 Å². The largest absolute Gasteiger partial charge is 0.467 e. The SMILES string of the molecule is Cc1ccccc1NC1=C(c2ccc(Cl)cc2Cl)C(=O)N(Cc2ccco2)C1=O. The zero-order valence-electron chi connectivity index (χ0n) is 15.4. The number of aryl methyl sites for hydroxylation is 1. The van der Waals surface area contributed by atoms with Gasteiger partial charge in [0.15, 0.2) is 0 Å². The molecule has 1 N–H and O–H groups in total. The second-order valence-electron chi connectivity index (χ2n) is 6.59. The van der Waals surface area contributed by atoms with E-state index in [-0.39, 0.29) is 22.8 Å². The first-order chi connectivity index (χ1) is 14.0. The first kappa shape index (κ1) is 19.3. The maximum absolute atomic E-state index is 13.2. The summed E-state index contributed by atoms with van der Waals surface area (Å²) in [5.74, 6) is -0.396. The number of benzene rings is 2. The Kier molecular flexibility index (Phi) is 5.18. The van der Waals surface area contributed by atoms with E-state index in [1.54, 1.807) is 30.3 Å². The number of amides is 2. The molecule has 0 unspecified atom stereocenters. The van der Waals surface area contributed by atoms with Crippen LogP contribution in [0, 0.1) is 6.92 Å². The van der Waals surface area contributed by atoms with Gasteiger partial charge in [0.25, 0.3) is 11.8 Å². The van der Waals surface area contributed by atoms with E-state index in [0.29, 0.717) is 16.3 Å². The third-order valence-corrected chi connectivity index (χ3v) is 5.22. The lowest BCUT2D eigenvalue weighted by Gasteiger charge is -2.14. The topological polar surface area (TPSA) is 62.6 Å². The summed E-state index contributed by atoms with van der Waals surface area (Å²) >= 11 is 12.4. The Balaban J connectivity index is 1.81. The van der Waals surface area contributed by atoms with Crippen LogP contribution >= 0.6 is 23.2 Å². The van der Waals surface area contributed by atoms with Crippen LogP contribution in [0.5, 0.6) is 0 Å². The highest BCUT2D eigenvalue weighted by molar-refractivity contribution is 6.41. The van der Waals surface area contributed by atoms with E-state index in [1.807, 2.05) is 31.2 Å². The van der Waals surface area contributed by atoms with Gasteiger partial charge in [0.1, 0.15) is 11.5 Å². The van der Waals surface area contributed by atoms with Gasteiger partial charge in [-0.05, 0) is 42.8 Å². The van der Waals surface area contributed by atoms with Crippen molar-refractivity contribution in [2.24, 2.45) is 0 Å². The molecular formula is C22H16Cl2N2O3. The van der Waals surface area contributed by atoms with Crippen LogP contribution in [0.25, 0.3) is 5.57 Å². The summed E-state index contributed by atoms with van der Waals surface area (Å²) < 4.78 is 5.32. The third-order valence-electron chi connectivity index (χ3n) is 4.67. The van der Waals surface area contributed by atoms with Gasteiger partial charge in [0, 0.05) is 16.3 Å². The molecule has 0 radical (unpaired) electrons. The number of halogens is 2. The number of rotatable bonds is 5. The number of para-hydroxylation sites is 1. The first-order valence-corrected chi connectivity index (χ1v) is 9.62. The number of hydrogen-bond donors (Lipinski definition) is 1. The number of furan rings is 1. The van der Waals surface area contributed by atoms with Crippen molar-refractivity contribution in [3.63, 3.8) is 0 Å². The quantitative estimate of drug-likeness (QED) is 0.563. The lowest BCUT2D eigenvalue weighted by Crippen LogP contribution is -2.31. The minimum atomic E-state index is -0.452. The van der Waals surface area contributed by atoms with Crippen LogP contribution in [-0.2, 0) is 16.1 Å². The lowest BCUT2D eigenvalue weighted by molar-refractivity contribution is -0.137. The monoisotopic (exact) mass is 426 g/mol. The van der Waals surface area contributed by atoms with Gasteiger partial charge in [-0.1, -0.05) is 47.5 Å². The van der Waals surface area contributed by atoms with Gasteiger partial charge in [0.05, 0.1) is 23.4 Å². The Morgan fingerprint density at radius 1 is 1.00 bits per heavy atom. The number of nitrogens with one attached hydrogen (secondary N) is 1. The Morgan fingerprint density at radius 2 is 1.79 bits per heavy atom. The van der Waals surface area contributed by atoms with Crippen molar-refractivity contribution in [1.29, 1.82) is 0 Å². The van der Waals surface area contributed by atoms with Crippen molar-refractivity contribution in [3.8, 4) is 0 Å². The molecule has 2 heterocycles. The molecule has 0 atom stereocenters. The van der Waals surface area contributed by atoms with Gasteiger partial charge < -0.3 is 9.73 Å². The van der Waals surface area contributed by atoms with Crippen molar-refractivity contribution in [1.82, 2.24) is 4.90 Å². The molecule has 1 aliphatic heterocycles. The predicted molar refractivity (Wildman–Crippen MR) is 112 cm³/mol. The van der Waals surface area contributed by atoms with Gasteiger partial charge in [-0.25, -0.2) is 0 Å². The number of carbonyl (C=O) groups is 2. The maximum Gasteiger partial charge on any atom is 0.278 e. The van der Waals surface area contributed by atoms with Gasteiger partial charge in [-0.15, -0.1) is 0 Å². The molecule has 0 saturated heterocycles. The Labute approximate surface area is 177 Å². The average molecular weight is 427 g/mol. The summed E-state index contributed by atoms with van der Waals surface area (Å²) in [7, 11) is 0. The molecule has 0 aliphatic carbocycles. The summed E-state index contributed by atoms with van der Waals surface area (Å²) in [5, 5.41) is 3.87. The minimum Gasteiger partial charge on any atom is -0.467 e. The molecule has 1 aliphatic rings. The highest BCUT2D eigenvalue weighted by atomic mass is 35.5. The van der Waals surface area contributed by atoms with Gasteiger partial charge in [-0.3, -0.25) is 14.5 Å². The summed E-state index contributed by atoms with van der Waals surface area (Å²) in [6, 6.07) is 15.7. The molecule has 7 heteroatoms.